The third-order valence-electron chi connectivity index (χ3n) is 10.7. The van der Waals surface area contributed by atoms with Gasteiger partial charge in [0, 0.05) is 48.3 Å². The van der Waals surface area contributed by atoms with E-state index in [1.165, 1.54) is 13.0 Å². The van der Waals surface area contributed by atoms with Crippen LogP contribution in [0.5, 0.6) is 0 Å². The van der Waals surface area contributed by atoms with Crippen molar-refractivity contribution in [2.24, 2.45) is 28.6 Å². The highest BCUT2D eigenvalue weighted by atomic mass is 16.6. The van der Waals surface area contributed by atoms with E-state index in [1.54, 1.807) is 13.0 Å². The first-order chi connectivity index (χ1) is 18.2. The quantitative estimate of drug-likeness (QED) is 0.355. The van der Waals surface area contributed by atoms with Gasteiger partial charge in [0.25, 0.3) is 0 Å². The molecule has 0 saturated heterocycles. The molecule has 5 aliphatic rings. The van der Waals surface area contributed by atoms with Crippen molar-refractivity contribution < 1.29 is 33.4 Å². The van der Waals surface area contributed by atoms with Crippen molar-refractivity contribution in [3.63, 3.8) is 0 Å². The van der Waals surface area contributed by atoms with Gasteiger partial charge in [-0.1, -0.05) is 32.9 Å². The van der Waals surface area contributed by atoms with Crippen LogP contribution in [-0.4, -0.2) is 41.5 Å². The molecule has 0 aromatic heterocycles. The van der Waals surface area contributed by atoms with Crippen molar-refractivity contribution >= 4 is 23.7 Å². The number of Topliss-reactive ketones (excluding diaryl/α,β-unsaturated/α-hetero) is 1. The molecule has 7 atom stereocenters. The molecule has 0 amide bonds. The number of allylic oxidation sites excluding steroid dienone is 3. The highest BCUT2D eigenvalue weighted by Crippen LogP contribution is 2.68. The molecule has 0 radical (unpaired) electrons. The first-order valence-electron chi connectivity index (χ1n) is 14.1. The summed E-state index contributed by atoms with van der Waals surface area (Å²) in [6, 6.07) is 0. The van der Waals surface area contributed by atoms with E-state index in [4.69, 9.17) is 14.2 Å². The van der Waals surface area contributed by atoms with E-state index in [-0.39, 0.29) is 47.5 Å². The van der Waals surface area contributed by atoms with Crippen LogP contribution in [0.25, 0.3) is 0 Å². The monoisotopic (exact) mass is 536 g/mol. The molecule has 1 fully saturated rings. The summed E-state index contributed by atoms with van der Waals surface area (Å²) in [5, 5.41) is 0. The van der Waals surface area contributed by atoms with Crippen LogP contribution >= 0.6 is 0 Å². The summed E-state index contributed by atoms with van der Waals surface area (Å²) in [5.41, 5.74) is 1.41. The number of ketones is 1. The Morgan fingerprint density at radius 2 is 1.85 bits per heavy atom. The molecule has 7 heteroatoms. The predicted octanol–water partition coefficient (Wildman–Crippen LogP) is 5.35. The number of hydrogen-bond donors (Lipinski definition) is 0. The summed E-state index contributed by atoms with van der Waals surface area (Å²) in [5.74, 6) is -1.06. The number of carbonyl (C=O) groups is 4. The van der Waals surface area contributed by atoms with E-state index in [0.717, 1.165) is 11.1 Å². The number of rotatable bonds is 3. The summed E-state index contributed by atoms with van der Waals surface area (Å²) in [4.78, 5) is 51.0. The van der Waals surface area contributed by atoms with Gasteiger partial charge in [-0.3, -0.25) is 9.59 Å². The Labute approximate surface area is 230 Å². The molecule has 0 N–H and O–H groups in total. The zero-order chi connectivity index (χ0) is 28.5. The average Bonchev–Trinajstić information content (AvgIpc) is 2.98. The summed E-state index contributed by atoms with van der Waals surface area (Å²) in [7, 11) is 0. The maximum atomic E-state index is 14.0. The standard InChI is InChI=1S/C32H40O7/c1-17-8-12-26(38-29(17)36)18(2)24-15-27(37-19(3)33)32(7)23-11-10-22-20(9-13-28(35)39-30(22,4)5)14-21(23)25(34)16-31(24,32)6/h8-9,13-14,18,22,24,26-27H,10-12,15-16H2,1-7H3/t18-,22+,24+,26-,27+,31+,32+/m0/s1. The van der Waals surface area contributed by atoms with Crippen LogP contribution in [0.3, 0.4) is 0 Å². The predicted molar refractivity (Wildman–Crippen MR) is 144 cm³/mol. The van der Waals surface area contributed by atoms with Crippen LogP contribution in [0.15, 0.2) is 46.6 Å². The Morgan fingerprint density at radius 1 is 1.13 bits per heavy atom. The Balaban J connectivity index is 1.60. The minimum atomic E-state index is -0.729. The minimum absolute atomic E-state index is 0.00636. The number of esters is 3. The molecule has 0 unspecified atom stereocenters. The van der Waals surface area contributed by atoms with Gasteiger partial charge in [-0.2, -0.15) is 0 Å². The molecule has 0 aromatic rings. The van der Waals surface area contributed by atoms with Gasteiger partial charge in [-0.25, -0.2) is 9.59 Å². The lowest BCUT2D eigenvalue weighted by Crippen LogP contribution is -2.51. The SMILES string of the molecule is CC(=O)O[C@@H]1C[C@H]([C@H](C)[C@@H]2CC=C(C)C(=O)O2)[C@@]2(C)CC(=O)C3=C(CC[C@@H]4C(=C3)C=CC(=O)OC4(C)C)[C@]12C. The molecule has 210 valence electrons. The molecule has 2 heterocycles. The summed E-state index contributed by atoms with van der Waals surface area (Å²) in [6.45, 7) is 13.5. The molecule has 39 heavy (non-hydrogen) atoms. The minimum Gasteiger partial charge on any atom is -0.462 e. The molecule has 3 aliphatic carbocycles. The second-order valence-electron chi connectivity index (χ2n) is 13.1. The fourth-order valence-corrected chi connectivity index (χ4v) is 8.33. The fraction of sp³-hybridized carbons (Fsp3) is 0.625. The molecule has 5 rings (SSSR count). The maximum absolute atomic E-state index is 14.0. The van der Waals surface area contributed by atoms with Crippen molar-refractivity contribution in [1.29, 1.82) is 0 Å². The lowest BCUT2D eigenvalue weighted by molar-refractivity contribution is -0.154. The Bertz CT molecular complexity index is 1260. The molecule has 0 spiro atoms. The Morgan fingerprint density at radius 3 is 2.51 bits per heavy atom. The van der Waals surface area contributed by atoms with Crippen molar-refractivity contribution in [1.82, 2.24) is 0 Å². The molecule has 0 aromatic carbocycles. The number of carbonyl (C=O) groups excluding carboxylic acids is 4. The highest BCUT2D eigenvalue weighted by Gasteiger charge is 2.67. The topological polar surface area (TPSA) is 96.0 Å². The maximum Gasteiger partial charge on any atom is 0.333 e. The van der Waals surface area contributed by atoms with E-state index < -0.39 is 22.5 Å². The van der Waals surface area contributed by atoms with Crippen molar-refractivity contribution in [3.8, 4) is 0 Å². The van der Waals surface area contributed by atoms with Gasteiger partial charge >= 0.3 is 17.9 Å². The van der Waals surface area contributed by atoms with Crippen molar-refractivity contribution in [3.05, 3.63) is 46.6 Å². The van der Waals surface area contributed by atoms with Crippen LogP contribution in [0.4, 0.5) is 0 Å². The van der Waals surface area contributed by atoms with Crippen LogP contribution < -0.4 is 0 Å². The number of fused-ring (bicyclic) bond motifs is 3. The molecular weight excluding hydrogens is 496 g/mol. The van der Waals surface area contributed by atoms with Crippen molar-refractivity contribution in [2.45, 2.75) is 98.4 Å². The lowest BCUT2D eigenvalue weighted by atomic mass is 9.52. The van der Waals surface area contributed by atoms with E-state index in [9.17, 15) is 19.2 Å². The molecule has 1 saturated carbocycles. The van der Waals surface area contributed by atoms with Gasteiger partial charge in [-0.15, -0.1) is 0 Å². The Hall–Kier alpha value is -2.96. The van der Waals surface area contributed by atoms with E-state index in [2.05, 4.69) is 20.8 Å². The third kappa shape index (κ3) is 4.23. The molecule has 7 nitrogen and oxygen atoms in total. The first-order valence-corrected chi connectivity index (χ1v) is 14.1. The number of hydrogen-bond acceptors (Lipinski definition) is 7. The number of ether oxygens (including phenoxy) is 3. The normalized spacial score (nSPS) is 38.2. The van der Waals surface area contributed by atoms with Gasteiger partial charge in [0.1, 0.15) is 17.8 Å². The summed E-state index contributed by atoms with van der Waals surface area (Å²) in [6.07, 6.45) is 9.28. The average molecular weight is 537 g/mol. The number of cyclic esters (lactones) is 2. The molecular formula is C32H40O7. The molecule has 2 aliphatic heterocycles. The lowest BCUT2D eigenvalue weighted by Gasteiger charge is -2.52. The largest absolute Gasteiger partial charge is 0.462 e. The van der Waals surface area contributed by atoms with Gasteiger partial charge in [-0.05, 0) is 74.5 Å². The zero-order valence-electron chi connectivity index (χ0n) is 24.1. The van der Waals surface area contributed by atoms with Crippen molar-refractivity contribution in [2.75, 3.05) is 0 Å². The second-order valence-corrected chi connectivity index (χ2v) is 13.1. The van der Waals surface area contributed by atoms with Crippen LogP contribution in [0.1, 0.15) is 80.6 Å². The van der Waals surface area contributed by atoms with Crippen LogP contribution in [0, 0.1) is 28.6 Å². The van der Waals surface area contributed by atoms with Gasteiger partial charge in [0.15, 0.2) is 5.78 Å². The first kappa shape index (κ1) is 27.6. The zero-order valence-corrected chi connectivity index (χ0v) is 24.1. The van der Waals surface area contributed by atoms with E-state index >= 15 is 0 Å². The van der Waals surface area contributed by atoms with Crippen LogP contribution in [-0.2, 0) is 33.4 Å². The van der Waals surface area contributed by atoms with E-state index in [0.29, 0.717) is 43.3 Å². The fourth-order valence-electron chi connectivity index (χ4n) is 8.33. The summed E-state index contributed by atoms with van der Waals surface area (Å²) >= 11 is 0. The molecule has 0 bridgehead atoms. The second kappa shape index (κ2) is 9.31. The van der Waals surface area contributed by atoms with Crippen LogP contribution in [0.2, 0.25) is 0 Å². The summed E-state index contributed by atoms with van der Waals surface area (Å²) < 4.78 is 17.7. The van der Waals surface area contributed by atoms with E-state index in [1.807, 2.05) is 26.0 Å². The third-order valence-corrected chi connectivity index (χ3v) is 10.7. The smallest absolute Gasteiger partial charge is 0.333 e. The van der Waals surface area contributed by atoms with Gasteiger partial charge < -0.3 is 14.2 Å². The van der Waals surface area contributed by atoms with Gasteiger partial charge in [0.2, 0.25) is 0 Å². The highest BCUT2D eigenvalue weighted by molar-refractivity contribution is 6.01. The van der Waals surface area contributed by atoms with Gasteiger partial charge in [0.05, 0.1) is 0 Å². The Kier molecular flexibility index (Phi) is 6.59.